The number of carbonyl (C=O) groups excluding carboxylic acids is 1. The molecular formula is C20H19FN2O3S. The molecule has 27 heavy (non-hydrogen) atoms. The van der Waals surface area contributed by atoms with Crippen molar-refractivity contribution in [3.8, 4) is 22.1 Å². The van der Waals surface area contributed by atoms with E-state index in [2.05, 4.69) is 10.3 Å². The number of thiazole rings is 1. The summed E-state index contributed by atoms with van der Waals surface area (Å²) in [4.78, 5) is 17.0. The molecule has 0 aliphatic carbocycles. The van der Waals surface area contributed by atoms with Crippen LogP contribution in [0.25, 0.3) is 10.6 Å². The van der Waals surface area contributed by atoms with E-state index in [1.54, 1.807) is 37.8 Å². The molecule has 0 aliphatic heterocycles. The molecule has 3 rings (SSSR count). The summed E-state index contributed by atoms with van der Waals surface area (Å²) in [5.74, 6) is 0.562. The van der Waals surface area contributed by atoms with Crippen LogP contribution in [-0.4, -0.2) is 25.1 Å². The Morgan fingerprint density at radius 3 is 2.56 bits per heavy atom. The van der Waals surface area contributed by atoms with E-state index in [1.165, 1.54) is 23.5 Å². The Balaban J connectivity index is 1.79. The highest BCUT2D eigenvalue weighted by Crippen LogP contribution is 2.38. The second-order valence-electron chi connectivity index (χ2n) is 5.83. The van der Waals surface area contributed by atoms with Gasteiger partial charge in [0.2, 0.25) is 0 Å². The number of amides is 1. The quantitative estimate of drug-likeness (QED) is 0.680. The lowest BCUT2D eigenvalue weighted by Crippen LogP contribution is -2.26. The van der Waals surface area contributed by atoms with Crippen LogP contribution in [-0.2, 0) is 0 Å². The Labute approximate surface area is 160 Å². The number of hydrogen-bond donors (Lipinski definition) is 1. The Morgan fingerprint density at radius 2 is 1.89 bits per heavy atom. The van der Waals surface area contributed by atoms with Crippen molar-refractivity contribution in [2.45, 2.75) is 13.0 Å². The molecule has 0 spiro atoms. The van der Waals surface area contributed by atoms with E-state index in [-0.39, 0.29) is 17.8 Å². The minimum absolute atomic E-state index is 0.269. The monoisotopic (exact) mass is 386 g/mol. The molecule has 0 unspecified atom stereocenters. The standard InChI is InChI=1S/C20H19FN2O3S/c1-12(13-7-9-14(21)10-8-13)22-19(24)16-11-27-20(23-16)15-5-4-6-17(25-2)18(15)26-3/h4-12H,1-3H3,(H,22,24)/t12-/m0/s1. The summed E-state index contributed by atoms with van der Waals surface area (Å²) in [5.41, 5.74) is 1.89. The summed E-state index contributed by atoms with van der Waals surface area (Å²) in [6.07, 6.45) is 0. The third-order valence-corrected chi connectivity index (χ3v) is 4.96. The number of para-hydroxylation sites is 1. The number of halogens is 1. The summed E-state index contributed by atoms with van der Waals surface area (Å²) in [6, 6.07) is 11.3. The molecule has 140 valence electrons. The van der Waals surface area contributed by atoms with E-state index < -0.39 is 0 Å². The van der Waals surface area contributed by atoms with E-state index in [0.717, 1.165) is 11.1 Å². The van der Waals surface area contributed by atoms with Gasteiger partial charge >= 0.3 is 0 Å². The van der Waals surface area contributed by atoms with Crippen molar-refractivity contribution >= 4 is 17.2 Å². The predicted octanol–water partition coefficient (Wildman–Crippen LogP) is 4.46. The maximum Gasteiger partial charge on any atom is 0.271 e. The number of benzene rings is 2. The van der Waals surface area contributed by atoms with Crippen molar-refractivity contribution in [1.82, 2.24) is 10.3 Å². The zero-order chi connectivity index (χ0) is 19.4. The van der Waals surface area contributed by atoms with E-state index in [4.69, 9.17) is 9.47 Å². The maximum atomic E-state index is 13.0. The van der Waals surface area contributed by atoms with Gasteiger partial charge in [0.1, 0.15) is 16.5 Å². The van der Waals surface area contributed by atoms with Gasteiger partial charge in [-0.15, -0.1) is 11.3 Å². The molecular weight excluding hydrogens is 367 g/mol. The van der Waals surface area contributed by atoms with Gasteiger partial charge in [0.15, 0.2) is 11.5 Å². The molecule has 7 heteroatoms. The number of methoxy groups -OCH3 is 2. The number of nitrogens with one attached hydrogen (secondary N) is 1. The molecule has 0 bridgehead atoms. The number of nitrogens with zero attached hydrogens (tertiary/aromatic N) is 1. The Kier molecular flexibility index (Phi) is 5.71. The van der Waals surface area contributed by atoms with Gasteiger partial charge in [-0.2, -0.15) is 0 Å². The smallest absolute Gasteiger partial charge is 0.271 e. The van der Waals surface area contributed by atoms with E-state index in [9.17, 15) is 9.18 Å². The van der Waals surface area contributed by atoms with Gasteiger partial charge in [-0.3, -0.25) is 4.79 Å². The molecule has 1 N–H and O–H groups in total. The number of aromatic nitrogens is 1. The first-order valence-corrected chi connectivity index (χ1v) is 9.14. The van der Waals surface area contributed by atoms with Crippen molar-refractivity contribution in [2.75, 3.05) is 14.2 Å². The van der Waals surface area contributed by atoms with Crippen molar-refractivity contribution < 1.29 is 18.7 Å². The minimum atomic E-state index is -0.311. The Bertz CT molecular complexity index is 941. The van der Waals surface area contributed by atoms with Gasteiger partial charge in [-0.25, -0.2) is 9.37 Å². The summed E-state index contributed by atoms with van der Waals surface area (Å²) in [5, 5.41) is 5.23. The summed E-state index contributed by atoms with van der Waals surface area (Å²) < 4.78 is 23.8. The summed E-state index contributed by atoms with van der Waals surface area (Å²) in [6.45, 7) is 1.84. The molecule has 0 saturated carbocycles. The fourth-order valence-electron chi connectivity index (χ4n) is 2.66. The minimum Gasteiger partial charge on any atom is -0.493 e. The van der Waals surface area contributed by atoms with Crippen molar-refractivity contribution in [3.63, 3.8) is 0 Å². The first-order chi connectivity index (χ1) is 13.0. The molecule has 1 heterocycles. The van der Waals surface area contributed by atoms with Crippen LogP contribution in [0.3, 0.4) is 0 Å². The molecule has 0 saturated heterocycles. The van der Waals surface area contributed by atoms with Crippen LogP contribution in [0.1, 0.15) is 29.0 Å². The second-order valence-corrected chi connectivity index (χ2v) is 6.68. The molecule has 1 atom stereocenters. The van der Waals surface area contributed by atoms with Crippen LogP contribution in [0.4, 0.5) is 4.39 Å². The Hall–Kier alpha value is -2.93. The molecule has 5 nitrogen and oxygen atoms in total. The topological polar surface area (TPSA) is 60.5 Å². The third kappa shape index (κ3) is 4.09. The second kappa shape index (κ2) is 8.18. The van der Waals surface area contributed by atoms with Gasteiger partial charge < -0.3 is 14.8 Å². The fourth-order valence-corrected chi connectivity index (χ4v) is 3.48. The average molecular weight is 386 g/mol. The van der Waals surface area contributed by atoms with Gasteiger partial charge in [-0.1, -0.05) is 18.2 Å². The number of hydrogen-bond acceptors (Lipinski definition) is 5. The molecule has 2 aromatic carbocycles. The average Bonchev–Trinajstić information content (AvgIpc) is 3.17. The molecule has 1 amide bonds. The first kappa shape index (κ1) is 18.8. The predicted molar refractivity (Wildman–Crippen MR) is 103 cm³/mol. The number of carbonyl (C=O) groups is 1. The third-order valence-electron chi connectivity index (χ3n) is 4.09. The van der Waals surface area contributed by atoms with Crippen molar-refractivity contribution in [3.05, 3.63) is 64.9 Å². The van der Waals surface area contributed by atoms with Crippen molar-refractivity contribution in [1.29, 1.82) is 0 Å². The zero-order valence-corrected chi connectivity index (χ0v) is 16.0. The van der Waals surface area contributed by atoms with Gasteiger partial charge in [-0.05, 0) is 36.8 Å². The van der Waals surface area contributed by atoms with E-state index >= 15 is 0 Å². The van der Waals surface area contributed by atoms with Crippen LogP contribution in [0, 0.1) is 5.82 Å². The van der Waals surface area contributed by atoms with Gasteiger partial charge in [0.05, 0.1) is 25.8 Å². The lowest BCUT2D eigenvalue weighted by Gasteiger charge is -2.13. The molecule has 3 aromatic rings. The fraction of sp³-hybridized carbons (Fsp3) is 0.200. The maximum absolute atomic E-state index is 13.0. The number of rotatable bonds is 6. The van der Waals surface area contributed by atoms with Crippen LogP contribution in [0.2, 0.25) is 0 Å². The van der Waals surface area contributed by atoms with Crippen LogP contribution in [0.5, 0.6) is 11.5 Å². The van der Waals surface area contributed by atoms with Crippen LogP contribution in [0.15, 0.2) is 47.8 Å². The largest absolute Gasteiger partial charge is 0.493 e. The van der Waals surface area contributed by atoms with E-state index in [1.807, 2.05) is 19.1 Å². The normalized spacial score (nSPS) is 11.7. The zero-order valence-electron chi connectivity index (χ0n) is 15.2. The lowest BCUT2D eigenvalue weighted by atomic mass is 10.1. The van der Waals surface area contributed by atoms with E-state index in [0.29, 0.717) is 22.2 Å². The SMILES string of the molecule is COc1cccc(-c2nc(C(=O)N[C@@H](C)c3ccc(F)cc3)cs2)c1OC. The van der Waals surface area contributed by atoms with Crippen LogP contribution >= 0.6 is 11.3 Å². The molecule has 0 radical (unpaired) electrons. The first-order valence-electron chi connectivity index (χ1n) is 8.26. The molecule has 1 aromatic heterocycles. The lowest BCUT2D eigenvalue weighted by molar-refractivity contribution is 0.0935. The molecule has 0 aliphatic rings. The highest BCUT2D eigenvalue weighted by molar-refractivity contribution is 7.13. The van der Waals surface area contributed by atoms with Gasteiger partial charge in [0, 0.05) is 5.38 Å². The number of ether oxygens (including phenoxy) is 2. The summed E-state index contributed by atoms with van der Waals surface area (Å²) in [7, 11) is 3.13. The highest BCUT2D eigenvalue weighted by atomic mass is 32.1. The van der Waals surface area contributed by atoms with Gasteiger partial charge in [0.25, 0.3) is 5.91 Å². The molecule has 0 fully saturated rings. The van der Waals surface area contributed by atoms with Crippen molar-refractivity contribution in [2.24, 2.45) is 0 Å². The summed E-state index contributed by atoms with van der Waals surface area (Å²) >= 11 is 1.35. The van der Waals surface area contributed by atoms with Crippen LogP contribution < -0.4 is 14.8 Å². The highest BCUT2D eigenvalue weighted by Gasteiger charge is 2.18. The Morgan fingerprint density at radius 1 is 1.15 bits per heavy atom.